The zero-order valence-corrected chi connectivity index (χ0v) is 18.4. The van der Waals surface area contributed by atoms with Crippen molar-refractivity contribution in [2.75, 3.05) is 18.4 Å². The van der Waals surface area contributed by atoms with E-state index >= 15 is 0 Å². The van der Waals surface area contributed by atoms with Gasteiger partial charge in [0.25, 0.3) is 5.91 Å². The number of carbonyl (C=O) groups excluding carboxylic acids is 2. The minimum absolute atomic E-state index is 0.00765. The molecule has 0 aromatic heterocycles. The molecule has 5 nitrogen and oxygen atoms in total. The molecule has 1 saturated carbocycles. The van der Waals surface area contributed by atoms with Crippen molar-refractivity contribution >= 4 is 17.5 Å². The molecule has 0 unspecified atom stereocenters. The lowest BCUT2D eigenvalue weighted by atomic mass is 10.1. The first kappa shape index (κ1) is 21.4. The number of hydrogen-bond donors (Lipinski definition) is 1. The van der Waals surface area contributed by atoms with Gasteiger partial charge in [0.2, 0.25) is 5.91 Å². The summed E-state index contributed by atoms with van der Waals surface area (Å²) in [4.78, 5) is 27.5. The molecule has 2 aromatic rings. The van der Waals surface area contributed by atoms with Gasteiger partial charge < -0.3 is 15.0 Å². The lowest BCUT2D eigenvalue weighted by molar-refractivity contribution is -0.116. The number of para-hydroxylation sites is 1. The summed E-state index contributed by atoms with van der Waals surface area (Å²) in [7, 11) is 0. The topological polar surface area (TPSA) is 58.6 Å². The van der Waals surface area contributed by atoms with Crippen LogP contribution in [0.2, 0.25) is 0 Å². The van der Waals surface area contributed by atoms with Gasteiger partial charge in [-0.1, -0.05) is 24.3 Å². The van der Waals surface area contributed by atoms with Gasteiger partial charge in [-0.15, -0.1) is 0 Å². The highest BCUT2D eigenvalue weighted by Gasteiger charge is 2.23. The highest BCUT2D eigenvalue weighted by atomic mass is 16.5. The van der Waals surface area contributed by atoms with E-state index in [-0.39, 0.29) is 11.8 Å². The van der Waals surface area contributed by atoms with Crippen LogP contribution in [-0.4, -0.2) is 35.9 Å². The fraction of sp³-hybridized carbons (Fsp3) is 0.462. The maximum absolute atomic E-state index is 12.9. The van der Waals surface area contributed by atoms with Gasteiger partial charge in [0, 0.05) is 19.5 Å². The molecule has 1 aliphatic heterocycles. The second-order valence-corrected chi connectivity index (χ2v) is 8.72. The largest absolute Gasteiger partial charge is 0.490 e. The molecule has 0 spiro atoms. The van der Waals surface area contributed by atoms with Gasteiger partial charge in [0.15, 0.2) is 0 Å². The van der Waals surface area contributed by atoms with Crippen molar-refractivity contribution in [1.29, 1.82) is 0 Å². The number of anilines is 1. The molecule has 4 rings (SSSR count). The highest BCUT2D eigenvalue weighted by Crippen LogP contribution is 2.26. The summed E-state index contributed by atoms with van der Waals surface area (Å²) in [6, 6.07) is 13.7. The zero-order chi connectivity index (χ0) is 21.6. The third kappa shape index (κ3) is 5.46. The molecular formula is C26H32N2O3. The van der Waals surface area contributed by atoms with Crippen LogP contribution in [0.4, 0.5) is 5.69 Å². The molecule has 1 aliphatic carbocycles. The van der Waals surface area contributed by atoms with E-state index in [2.05, 4.69) is 5.32 Å². The van der Waals surface area contributed by atoms with Crippen LogP contribution in [-0.2, 0) is 11.2 Å². The average Bonchev–Trinajstić information content (AvgIpc) is 3.48. The number of likely N-dealkylation sites (tertiary alicyclic amines) is 1. The predicted molar refractivity (Wildman–Crippen MR) is 123 cm³/mol. The van der Waals surface area contributed by atoms with Gasteiger partial charge in [-0.2, -0.15) is 0 Å². The minimum Gasteiger partial charge on any atom is -0.490 e. The zero-order valence-electron chi connectivity index (χ0n) is 18.4. The van der Waals surface area contributed by atoms with E-state index in [1.807, 2.05) is 54.3 Å². The van der Waals surface area contributed by atoms with Gasteiger partial charge in [-0.3, -0.25) is 9.59 Å². The molecule has 1 N–H and O–H groups in total. The molecule has 2 aliphatic rings. The molecule has 0 radical (unpaired) electrons. The smallest absolute Gasteiger partial charge is 0.255 e. The average molecular weight is 421 g/mol. The fourth-order valence-electron chi connectivity index (χ4n) is 4.54. The van der Waals surface area contributed by atoms with Crippen molar-refractivity contribution in [3.05, 3.63) is 59.2 Å². The van der Waals surface area contributed by atoms with Gasteiger partial charge in [0.1, 0.15) is 5.75 Å². The number of nitrogens with one attached hydrogen (secondary N) is 1. The van der Waals surface area contributed by atoms with Crippen LogP contribution in [0.15, 0.2) is 42.5 Å². The first-order valence-electron chi connectivity index (χ1n) is 11.5. The fourth-order valence-corrected chi connectivity index (χ4v) is 4.54. The van der Waals surface area contributed by atoms with Gasteiger partial charge in [-0.05, 0) is 81.2 Å². The van der Waals surface area contributed by atoms with Crippen molar-refractivity contribution < 1.29 is 14.3 Å². The summed E-state index contributed by atoms with van der Waals surface area (Å²) in [6.07, 6.45) is 8.14. The van der Waals surface area contributed by atoms with Crippen molar-refractivity contribution in [3.8, 4) is 5.75 Å². The van der Waals surface area contributed by atoms with Crippen LogP contribution in [0, 0.1) is 6.92 Å². The summed E-state index contributed by atoms with van der Waals surface area (Å²) < 4.78 is 6.08. The van der Waals surface area contributed by atoms with Crippen molar-refractivity contribution in [2.45, 2.75) is 64.4 Å². The van der Waals surface area contributed by atoms with E-state index in [1.165, 1.54) is 12.8 Å². The molecule has 31 heavy (non-hydrogen) atoms. The first-order valence-corrected chi connectivity index (χ1v) is 11.5. The summed E-state index contributed by atoms with van der Waals surface area (Å²) in [5.74, 6) is 0.822. The standard InChI is InChI=1S/C26H32N2O3/c1-19-8-6-13-23(26(30)28-16-4-5-17-28)25(19)27-24(29)15-14-20-9-7-12-22(18-20)31-21-10-2-3-11-21/h6-9,12-13,18,21H,2-5,10-11,14-17H2,1H3,(H,27,29). The van der Waals surface area contributed by atoms with Crippen LogP contribution in [0.3, 0.4) is 0 Å². The Morgan fingerprint density at radius 2 is 1.77 bits per heavy atom. The summed E-state index contributed by atoms with van der Waals surface area (Å²) in [5.41, 5.74) is 3.22. The van der Waals surface area contributed by atoms with E-state index in [1.54, 1.807) is 0 Å². The molecule has 1 saturated heterocycles. The van der Waals surface area contributed by atoms with Gasteiger partial charge in [0.05, 0.1) is 17.4 Å². The summed E-state index contributed by atoms with van der Waals surface area (Å²) in [6.45, 7) is 3.51. The Morgan fingerprint density at radius 1 is 1.03 bits per heavy atom. The normalized spacial score (nSPS) is 16.5. The first-order chi connectivity index (χ1) is 15.1. The molecule has 1 heterocycles. The number of aryl methyl sites for hydroxylation is 2. The Labute approximate surface area is 184 Å². The van der Waals surface area contributed by atoms with Crippen molar-refractivity contribution in [1.82, 2.24) is 4.90 Å². The number of rotatable bonds is 7. The third-order valence-corrected chi connectivity index (χ3v) is 6.31. The molecule has 0 atom stereocenters. The van der Waals surface area contributed by atoms with E-state index in [0.717, 1.165) is 55.6 Å². The Kier molecular flexibility index (Phi) is 6.90. The maximum atomic E-state index is 12.9. The van der Waals surface area contributed by atoms with E-state index in [4.69, 9.17) is 4.74 Å². The lowest BCUT2D eigenvalue weighted by Crippen LogP contribution is -2.29. The van der Waals surface area contributed by atoms with Crippen LogP contribution in [0.1, 0.15) is 66.4 Å². The minimum atomic E-state index is -0.0770. The van der Waals surface area contributed by atoms with Crippen LogP contribution in [0.5, 0.6) is 5.75 Å². The highest BCUT2D eigenvalue weighted by molar-refractivity contribution is 6.04. The number of benzene rings is 2. The lowest BCUT2D eigenvalue weighted by Gasteiger charge is -2.19. The predicted octanol–water partition coefficient (Wildman–Crippen LogP) is 5.12. The van der Waals surface area contributed by atoms with Crippen molar-refractivity contribution in [3.63, 3.8) is 0 Å². The molecule has 2 amide bonds. The van der Waals surface area contributed by atoms with Gasteiger partial charge >= 0.3 is 0 Å². The van der Waals surface area contributed by atoms with Crippen LogP contribution >= 0.6 is 0 Å². The molecule has 2 fully saturated rings. The van der Waals surface area contributed by atoms with E-state index in [0.29, 0.717) is 30.2 Å². The Bertz CT molecular complexity index is 928. The summed E-state index contributed by atoms with van der Waals surface area (Å²) in [5, 5.41) is 3.01. The van der Waals surface area contributed by atoms with E-state index < -0.39 is 0 Å². The molecule has 5 heteroatoms. The molecular weight excluding hydrogens is 388 g/mol. The van der Waals surface area contributed by atoms with Crippen LogP contribution in [0.25, 0.3) is 0 Å². The number of nitrogens with zero attached hydrogens (tertiary/aromatic N) is 1. The number of amides is 2. The number of carbonyl (C=O) groups is 2. The molecule has 2 aromatic carbocycles. The number of hydrogen-bond acceptors (Lipinski definition) is 3. The second kappa shape index (κ2) is 9.99. The Hall–Kier alpha value is -2.82. The third-order valence-electron chi connectivity index (χ3n) is 6.31. The van der Waals surface area contributed by atoms with Crippen LogP contribution < -0.4 is 10.1 Å². The maximum Gasteiger partial charge on any atom is 0.255 e. The molecule has 0 bridgehead atoms. The van der Waals surface area contributed by atoms with E-state index in [9.17, 15) is 9.59 Å². The Balaban J connectivity index is 1.37. The monoisotopic (exact) mass is 420 g/mol. The summed E-state index contributed by atoms with van der Waals surface area (Å²) >= 11 is 0. The van der Waals surface area contributed by atoms with Crippen molar-refractivity contribution in [2.24, 2.45) is 0 Å². The quantitative estimate of drug-likeness (QED) is 0.676. The molecule has 164 valence electrons. The SMILES string of the molecule is Cc1cccc(C(=O)N2CCCC2)c1NC(=O)CCc1cccc(OC2CCCC2)c1. The second-order valence-electron chi connectivity index (χ2n) is 8.72. The van der Waals surface area contributed by atoms with Gasteiger partial charge in [-0.25, -0.2) is 0 Å². The number of ether oxygens (including phenoxy) is 1. The Morgan fingerprint density at radius 3 is 2.55 bits per heavy atom.